The second kappa shape index (κ2) is 9.98. The molecule has 10 heteroatoms. The predicted molar refractivity (Wildman–Crippen MR) is 142 cm³/mol. The Hall–Kier alpha value is -2.72. The van der Waals surface area contributed by atoms with Crippen molar-refractivity contribution in [1.82, 2.24) is 9.47 Å². The van der Waals surface area contributed by atoms with Crippen molar-refractivity contribution in [3.63, 3.8) is 0 Å². The van der Waals surface area contributed by atoms with Gasteiger partial charge >= 0.3 is 17.9 Å². The van der Waals surface area contributed by atoms with Crippen LogP contribution in [0.5, 0.6) is 0 Å². The molecule has 1 N–H and O–H groups in total. The van der Waals surface area contributed by atoms with Crippen LogP contribution in [0.1, 0.15) is 58.6 Å². The van der Waals surface area contributed by atoms with Crippen molar-refractivity contribution in [3.8, 4) is 0 Å². The highest BCUT2D eigenvalue weighted by atomic mass is 16.6. The molecule has 0 unspecified atom stereocenters. The molecule has 40 heavy (non-hydrogen) atoms. The minimum absolute atomic E-state index is 0.0345. The summed E-state index contributed by atoms with van der Waals surface area (Å²) < 4.78 is 19.3. The Balaban J connectivity index is 1.29. The van der Waals surface area contributed by atoms with Gasteiger partial charge in [-0.1, -0.05) is 19.9 Å². The van der Waals surface area contributed by atoms with Crippen LogP contribution in [0, 0.1) is 35.0 Å². The zero-order chi connectivity index (χ0) is 28.5. The van der Waals surface area contributed by atoms with E-state index in [4.69, 9.17) is 14.2 Å². The number of aromatic nitrogens is 1. The second-order valence-electron chi connectivity index (χ2n) is 13.1. The van der Waals surface area contributed by atoms with Crippen molar-refractivity contribution < 1.29 is 33.7 Å². The number of pyridine rings is 1. The first-order valence-corrected chi connectivity index (χ1v) is 14.6. The lowest BCUT2D eigenvalue weighted by atomic mass is 9.66. The quantitative estimate of drug-likeness (QED) is 0.436. The summed E-state index contributed by atoms with van der Waals surface area (Å²) in [4.78, 5) is 52.2. The second-order valence-corrected chi connectivity index (χ2v) is 13.1. The Morgan fingerprint density at radius 3 is 2.55 bits per heavy atom. The zero-order valence-corrected chi connectivity index (χ0v) is 23.7. The summed E-state index contributed by atoms with van der Waals surface area (Å²) >= 11 is 0. The fourth-order valence-electron chi connectivity index (χ4n) is 9.21. The van der Waals surface area contributed by atoms with Crippen LogP contribution in [-0.4, -0.2) is 76.5 Å². The van der Waals surface area contributed by atoms with E-state index in [1.165, 1.54) is 13.8 Å². The highest BCUT2D eigenvalue weighted by Crippen LogP contribution is 2.59. The lowest BCUT2D eigenvalue weighted by molar-refractivity contribution is -0.165. The standard InChI is InChI=1S/C30H40N2O8/c1-15-8-22-26(28(36)30(4)24(39-17(3)34)10-23(27(15)30)38-16(2)33)20(29(37)40-22)14-31-11-18-9-19(13-31)21-6-5-7-25(35)32(21)12-18/h5-7,15,18-20,22-24,26-28,36H,8-14H2,1-4H3/t15-,18-,19-,20-,22+,23-,24-,26+,27+,28-,30-/m0/s1. The molecule has 3 aliphatic heterocycles. The number of aliphatic hydroxyl groups is 1. The Kier molecular flexibility index (Phi) is 6.85. The van der Waals surface area contributed by atoms with E-state index in [1.807, 2.05) is 30.5 Å². The summed E-state index contributed by atoms with van der Waals surface area (Å²) in [7, 11) is 0. The molecule has 6 rings (SSSR count). The van der Waals surface area contributed by atoms with Crippen LogP contribution in [0.2, 0.25) is 0 Å². The number of aliphatic hydroxyl groups excluding tert-OH is 1. The van der Waals surface area contributed by atoms with Gasteiger partial charge in [0.1, 0.15) is 18.3 Å². The molecule has 0 amide bonds. The van der Waals surface area contributed by atoms with Crippen molar-refractivity contribution in [1.29, 1.82) is 0 Å². The molecule has 1 aromatic rings. The molecule has 0 spiro atoms. The van der Waals surface area contributed by atoms with E-state index in [0.29, 0.717) is 31.8 Å². The van der Waals surface area contributed by atoms with Gasteiger partial charge in [0.25, 0.3) is 5.56 Å². The van der Waals surface area contributed by atoms with E-state index in [1.54, 1.807) is 6.07 Å². The van der Waals surface area contributed by atoms with Gasteiger partial charge in [0.2, 0.25) is 0 Å². The van der Waals surface area contributed by atoms with Gasteiger partial charge in [-0.15, -0.1) is 0 Å². The molecule has 2 saturated heterocycles. The first-order chi connectivity index (χ1) is 19.0. The summed E-state index contributed by atoms with van der Waals surface area (Å²) in [5.74, 6) is -1.96. The van der Waals surface area contributed by atoms with Gasteiger partial charge in [-0.2, -0.15) is 0 Å². The molecule has 2 saturated carbocycles. The van der Waals surface area contributed by atoms with Gasteiger partial charge in [0.15, 0.2) is 0 Å². The molecule has 5 aliphatic rings. The Bertz CT molecular complexity index is 1260. The van der Waals surface area contributed by atoms with E-state index in [0.717, 1.165) is 25.2 Å². The van der Waals surface area contributed by atoms with Crippen LogP contribution < -0.4 is 5.56 Å². The monoisotopic (exact) mass is 556 g/mol. The normalized spacial score (nSPS) is 42.2. The number of piperidine rings is 1. The first-order valence-electron chi connectivity index (χ1n) is 14.6. The van der Waals surface area contributed by atoms with Gasteiger partial charge in [-0.3, -0.25) is 19.2 Å². The number of carbonyl (C=O) groups excluding carboxylic acids is 3. The molecule has 2 aliphatic carbocycles. The molecule has 4 fully saturated rings. The van der Waals surface area contributed by atoms with Crippen molar-refractivity contribution in [3.05, 3.63) is 34.2 Å². The highest BCUT2D eigenvalue weighted by molar-refractivity contribution is 5.76. The number of carbonyl (C=O) groups is 3. The van der Waals surface area contributed by atoms with Crippen molar-refractivity contribution in [2.75, 3.05) is 19.6 Å². The third-order valence-corrected chi connectivity index (χ3v) is 10.6. The van der Waals surface area contributed by atoms with Crippen LogP contribution >= 0.6 is 0 Å². The van der Waals surface area contributed by atoms with Gasteiger partial charge in [0.05, 0.1) is 12.0 Å². The zero-order valence-electron chi connectivity index (χ0n) is 23.7. The minimum atomic E-state index is -1.00. The van der Waals surface area contributed by atoms with E-state index >= 15 is 0 Å². The summed E-state index contributed by atoms with van der Waals surface area (Å²) in [6.45, 7) is 9.30. The van der Waals surface area contributed by atoms with Gasteiger partial charge in [-0.25, -0.2) is 0 Å². The third kappa shape index (κ3) is 4.38. The van der Waals surface area contributed by atoms with Crippen molar-refractivity contribution in [2.45, 2.75) is 83.8 Å². The van der Waals surface area contributed by atoms with Crippen LogP contribution in [0.15, 0.2) is 23.0 Å². The highest BCUT2D eigenvalue weighted by Gasteiger charge is 2.67. The maximum absolute atomic E-state index is 13.4. The van der Waals surface area contributed by atoms with Crippen LogP contribution in [0.4, 0.5) is 0 Å². The predicted octanol–water partition coefficient (Wildman–Crippen LogP) is 1.72. The number of ether oxygens (including phenoxy) is 3. The molecule has 4 heterocycles. The van der Waals surface area contributed by atoms with Crippen LogP contribution in [0.25, 0.3) is 0 Å². The summed E-state index contributed by atoms with van der Waals surface area (Å²) in [6, 6.07) is 5.45. The molecule has 0 aromatic carbocycles. The van der Waals surface area contributed by atoms with E-state index in [9.17, 15) is 24.3 Å². The number of likely N-dealkylation sites (tertiary alicyclic amines) is 1. The molecule has 10 nitrogen and oxygen atoms in total. The number of hydrogen-bond acceptors (Lipinski definition) is 9. The van der Waals surface area contributed by atoms with Crippen LogP contribution in [-0.2, 0) is 35.1 Å². The smallest absolute Gasteiger partial charge is 0.311 e. The van der Waals surface area contributed by atoms with Gasteiger partial charge in [0, 0.05) is 81.4 Å². The summed E-state index contributed by atoms with van der Waals surface area (Å²) in [5.41, 5.74) is 0.160. The van der Waals surface area contributed by atoms with Crippen molar-refractivity contribution in [2.24, 2.45) is 35.0 Å². The lowest BCUT2D eigenvalue weighted by Crippen LogP contribution is -2.53. The Labute approximate surface area is 233 Å². The average molecular weight is 557 g/mol. The number of nitrogens with zero attached hydrogens (tertiary/aromatic N) is 2. The van der Waals surface area contributed by atoms with E-state index < -0.39 is 53.6 Å². The number of fused-ring (bicyclic) bond motifs is 6. The fraction of sp³-hybridized carbons (Fsp3) is 0.733. The third-order valence-electron chi connectivity index (χ3n) is 10.6. The molecule has 0 radical (unpaired) electrons. The SMILES string of the molecule is CC(=O)O[C@H]1C[C@H](OC(C)=O)[C@@]2(C)[C@@H]1[C@@H](C)C[C@H]1OC(=O)[C@@H](CN3C[C@@H]4C[C@@H](C3)c3cccc(=O)n3C4)[C@H]1[C@@H]2O. The summed E-state index contributed by atoms with van der Waals surface area (Å²) in [6.07, 6.45) is -0.765. The fourth-order valence-corrected chi connectivity index (χ4v) is 9.21. The Morgan fingerprint density at radius 2 is 1.82 bits per heavy atom. The summed E-state index contributed by atoms with van der Waals surface area (Å²) in [5, 5.41) is 12.2. The van der Waals surface area contributed by atoms with Crippen molar-refractivity contribution >= 4 is 17.9 Å². The molecular formula is C30H40N2O8. The first kappa shape index (κ1) is 27.4. The number of hydrogen-bond donors (Lipinski definition) is 1. The van der Waals surface area contributed by atoms with Crippen LogP contribution in [0.3, 0.4) is 0 Å². The number of esters is 3. The van der Waals surface area contributed by atoms with E-state index in [2.05, 4.69) is 4.90 Å². The maximum atomic E-state index is 13.4. The Morgan fingerprint density at radius 1 is 1.07 bits per heavy atom. The average Bonchev–Trinajstić information content (AvgIpc) is 3.28. The molecule has 2 bridgehead atoms. The maximum Gasteiger partial charge on any atom is 0.311 e. The molecular weight excluding hydrogens is 516 g/mol. The lowest BCUT2D eigenvalue weighted by Gasteiger charge is -2.45. The largest absolute Gasteiger partial charge is 0.462 e. The van der Waals surface area contributed by atoms with Gasteiger partial charge < -0.3 is 28.8 Å². The van der Waals surface area contributed by atoms with E-state index in [-0.39, 0.29) is 29.3 Å². The topological polar surface area (TPSA) is 124 Å². The molecule has 1 aromatic heterocycles. The number of rotatable bonds is 4. The molecule has 11 atom stereocenters. The molecule has 218 valence electrons. The van der Waals surface area contributed by atoms with Gasteiger partial charge in [-0.05, 0) is 30.7 Å². The minimum Gasteiger partial charge on any atom is -0.462 e.